The Morgan fingerprint density at radius 2 is 1.75 bits per heavy atom. The molecule has 148 valence electrons. The lowest BCUT2D eigenvalue weighted by molar-refractivity contribution is -0.133. The summed E-state index contributed by atoms with van der Waals surface area (Å²) in [5.41, 5.74) is 9.20. The van der Waals surface area contributed by atoms with Crippen LogP contribution in [0.25, 0.3) is 11.1 Å². The van der Waals surface area contributed by atoms with Crippen LogP contribution in [0, 0.1) is 0 Å². The number of hydrogen-bond donors (Lipinski definition) is 6. The van der Waals surface area contributed by atoms with Crippen LogP contribution in [0.2, 0.25) is 0 Å². The van der Waals surface area contributed by atoms with Crippen LogP contribution in [-0.2, 0) is 9.59 Å². The number of hydroxylamine groups is 1. The summed E-state index contributed by atoms with van der Waals surface area (Å²) >= 11 is 0. The van der Waals surface area contributed by atoms with Gasteiger partial charge in [-0.1, -0.05) is 24.3 Å². The maximum atomic E-state index is 12.3. The van der Waals surface area contributed by atoms with E-state index in [9.17, 15) is 19.5 Å². The average Bonchev–Trinajstić information content (AvgIpc) is 2.71. The molecule has 0 radical (unpaired) electrons. The van der Waals surface area contributed by atoms with Crippen LogP contribution in [0.4, 0.5) is 5.69 Å². The third kappa shape index (κ3) is 5.36. The van der Waals surface area contributed by atoms with Crippen molar-refractivity contribution in [3.05, 3.63) is 54.1 Å². The van der Waals surface area contributed by atoms with Gasteiger partial charge in [0.15, 0.2) is 0 Å². The molecule has 0 bridgehead atoms. The largest absolute Gasteiger partial charge is 0.391 e. The summed E-state index contributed by atoms with van der Waals surface area (Å²) in [7, 11) is 0. The highest BCUT2D eigenvalue weighted by Gasteiger charge is 2.25. The summed E-state index contributed by atoms with van der Waals surface area (Å²) in [6.45, 7) is 1.20. The molecule has 0 saturated heterocycles. The molecule has 0 fully saturated rings. The third-order valence-electron chi connectivity index (χ3n) is 3.97. The zero-order valence-electron chi connectivity index (χ0n) is 15.2. The Morgan fingerprint density at radius 3 is 2.32 bits per heavy atom. The van der Waals surface area contributed by atoms with Gasteiger partial charge in [0.25, 0.3) is 11.8 Å². The zero-order chi connectivity index (χ0) is 20.7. The van der Waals surface area contributed by atoms with Gasteiger partial charge in [-0.2, -0.15) is 0 Å². The quantitative estimate of drug-likeness (QED) is 0.296. The second-order valence-electron chi connectivity index (χ2n) is 6.08. The Labute approximate surface area is 161 Å². The molecule has 0 aliphatic carbocycles. The highest BCUT2D eigenvalue weighted by Crippen LogP contribution is 2.23. The molecule has 2 aromatic rings. The summed E-state index contributed by atoms with van der Waals surface area (Å²) < 4.78 is 0. The SMILES string of the molecule is C[C@@H](O)[C@H](NC(=O)c1ccc(-c2cccc(NC(=O)CN)c2)cc1)C(=O)NO. The number of aliphatic hydroxyl groups is 1. The molecule has 7 N–H and O–H groups in total. The molecule has 9 heteroatoms. The fourth-order valence-electron chi connectivity index (χ4n) is 2.50. The fraction of sp³-hybridized carbons (Fsp3) is 0.211. The van der Waals surface area contributed by atoms with Crippen LogP contribution < -0.4 is 21.8 Å². The number of benzene rings is 2. The maximum absolute atomic E-state index is 12.3. The van der Waals surface area contributed by atoms with E-state index < -0.39 is 24.0 Å². The van der Waals surface area contributed by atoms with E-state index in [1.165, 1.54) is 12.4 Å². The van der Waals surface area contributed by atoms with Crippen molar-refractivity contribution >= 4 is 23.4 Å². The van der Waals surface area contributed by atoms with Crippen LogP contribution in [0.15, 0.2) is 48.5 Å². The average molecular weight is 386 g/mol. The Bertz CT molecular complexity index is 852. The van der Waals surface area contributed by atoms with Crippen molar-refractivity contribution in [3.8, 4) is 11.1 Å². The van der Waals surface area contributed by atoms with Crippen LogP contribution in [0.1, 0.15) is 17.3 Å². The highest BCUT2D eigenvalue weighted by atomic mass is 16.5. The Kier molecular flexibility index (Phi) is 7.21. The van der Waals surface area contributed by atoms with Gasteiger partial charge < -0.3 is 21.5 Å². The van der Waals surface area contributed by atoms with Gasteiger partial charge >= 0.3 is 0 Å². The lowest BCUT2D eigenvalue weighted by atomic mass is 10.0. The number of anilines is 1. The lowest BCUT2D eigenvalue weighted by Crippen LogP contribution is -2.51. The second kappa shape index (κ2) is 9.60. The molecule has 2 aromatic carbocycles. The van der Waals surface area contributed by atoms with Gasteiger partial charge in [-0.25, -0.2) is 5.48 Å². The lowest BCUT2D eigenvalue weighted by Gasteiger charge is -2.19. The maximum Gasteiger partial charge on any atom is 0.268 e. The second-order valence-corrected chi connectivity index (χ2v) is 6.08. The van der Waals surface area contributed by atoms with Crippen molar-refractivity contribution in [1.29, 1.82) is 0 Å². The van der Waals surface area contributed by atoms with Gasteiger partial charge in [0.05, 0.1) is 12.6 Å². The van der Waals surface area contributed by atoms with Gasteiger partial charge in [-0.3, -0.25) is 19.6 Å². The highest BCUT2D eigenvalue weighted by molar-refractivity contribution is 5.98. The van der Waals surface area contributed by atoms with Gasteiger partial charge in [0, 0.05) is 11.3 Å². The molecule has 2 atom stereocenters. The molecule has 3 amide bonds. The summed E-state index contributed by atoms with van der Waals surface area (Å²) in [4.78, 5) is 35.2. The summed E-state index contributed by atoms with van der Waals surface area (Å²) in [5, 5.41) is 23.3. The molecule has 0 spiro atoms. The van der Waals surface area contributed by atoms with E-state index in [0.717, 1.165) is 11.1 Å². The summed E-state index contributed by atoms with van der Waals surface area (Å²) in [5.74, 6) is -1.80. The van der Waals surface area contributed by atoms with Gasteiger partial charge in [-0.05, 0) is 42.3 Å². The predicted octanol–water partition coefficient (Wildman–Crippen LogP) is 0.235. The summed E-state index contributed by atoms with van der Waals surface area (Å²) in [6.07, 6.45) is -1.19. The minimum absolute atomic E-state index is 0.115. The molecule has 0 heterocycles. The van der Waals surface area contributed by atoms with Crippen LogP contribution in [0.5, 0.6) is 0 Å². The van der Waals surface area contributed by atoms with E-state index in [2.05, 4.69) is 10.6 Å². The Hall–Kier alpha value is -3.27. The first kappa shape index (κ1) is 21.0. The number of nitrogens with one attached hydrogen (secondary N) is 3. The van der Waals surface area contributed by atoms with E-state index in [1.54, 1.807) is 42.5 Å². The molecule has 9 nitrogen and oxygen atoms in total. The molecular weight excluding hydrogens is 364 g/mol. The number of nitrogens with two attached hydrogens (primary N) is 1. The third-order valence-corrected chi connectivity index (χ3v) is 3.97. The van der Waals surface area contributed by atoms with Crippen LogP contribution in [-0.4, -0.2) is 46.7 Å². The van der Waals surface area contributed by atoms with Crippen molar-refractivity contribution in [3.63, 3.8) is 0 Å². The number of carbonyl (C=O) groups excluding carboxylic acids is 3. The monoisotopic (exact) mass is 386 g/mol. The van der Waals surface area contributed by atoms with Crippen molar-refractivity contribution in [2.75, 3.05) is 11.9 Å². The van der Waals surface area contributed by atoms with E-state index in [-0.39, 0.29) is 18.0 Å². The van der Waals surface area contributed by atoms with Gasteiger partial charge in [-0.15, -0.1) is 0 Å². The Balaban J connectivity index is 2.15. The minimum Gasteiger partial charge on any atom is -0.391 e. The van der Waals surface area contributed by atoms with Crippen molar-refractivity contribution in [1.82, 2.24) is 10.8 Å². The number of aliphatic hydroxyl groups excluding tert-OH is 1. The van der Waals surface area contributed by atoms with E-state index in [0.29, 0.717) is 5.69 Å². The zero-order valence-corrected chi connectivity index (χ0v) is 15.2. The Morgan fingerprint density at radius 1 is 1.07 bits per heavy atom. The van der Waals surface area contributed by atoms with Crippen molar-refractivity contribution in [2.45, 2.75) is 19.1 Å². The normalized spacial score (nSPS) is 12.6. The first-order chi connectivity index (χ1) is 13.3. The van der Waals surface area contributed by atoms with Crippen molar-refractivity contribution in [2.24, 2.45) is 5.73 Å². The minimum atomic E-state index is -1.29. The van der Waals surface area contributed by atoms with Crippen molar-refractivity contribution < 1.29 is 24.7 Å². The van der Waals surface area contributed by atoms with E-state index >= 15 is 0 Å². The molecule has 0 aliphatic rings. The number of amides is 3. The standard InChI is InChI=1S/C19H22N4O5/c1-11(24)17(19(27)23-28)22-18(26)13-7-5-12(6-8-13)14-3-2-4-15(9-14)21-16(25)10-20/h2-9,11,17,24,28H,10,20H2,1H3,(H,21,25)(H,22,26)(H,23,27)/t11-,17+/m1/s1. The molecular formula is C19H22N4O5. The summed E-state index contributed by atoms with van der Waals surface area (Å²) in [6, 6.07) is 12.4. The smallest absolute Gasteiger partial charge is 0.268 e. The molecule has 0 unspecified atom stereocenters. The first-order valence-corrected chi connectivity index (χ1v) is 8.49. The molecule has 28 heavy (non-hydrogen) atoms. The number of hydrogen-bond acceptors (Lipinski definition) is 6. The molecule has 0 aliphatic heterocycles. The number of carbonyl (C=O) groups is 3. The predicted molar refractivity (Wildman–Crippen MR) is 102 cm³/mol. The molecule has 0 aromatic heterocycles. The van der Waals surface area contributed by atoms with Crippen LogP contribution >= 0.6 is 0 Å². The number of rotatable bonds is 7. The van der Waals surface area contributed by atoms with Crippen LogP contribution in [0.3, 0.4) is 0 Å². The van der Waals surface area contributed by atoms with Gasteiger partial charge in [0.2, 0.25) is 5.91 Å². The van der Waals surface area contributed by atoms with Gasteiger partial charge in [0.1, 0.15) is 6.04 Å². The first-order valence-electron chi connectivity index (χ1n) is 8.49. The van der Waals surface area contributed by atoms with E-state index in [4.69, 9.17) is 10.9 Å². The fourth-order valence-corrected chi connectivity index (χ4v) is 2.50. The molecule has 0 saturated carbocycles. The molecule has 2 rings (SSSR count). The topological polar surface area (TPSA) is 154 Å². The van der Waals surface area contributed by atoms with E-state index in [1.807, 2.05) is 6.07 Å².